The number of carbonyl (C=O) groups is 2. The first-order valence-corrected chi connectivity index (χ1v) is 12.5. The third kappa shape index (κ3) is 17.2. The van der Waals surface area contributed by atoms with Crippen molar-refractivity contribution in [2.45, 2.75) is 97.4 Å². The van der Waals surface area contributed by atoms with Gasteiger partial charge in [0.05, 0.1) is 13.2 Å². The Morgan fingerprint density at radius 2 is 1.46 bits per heavy atom. The fourth-order valence-corrected chi connectivity index (χ4v) is 3.25. The Labute approximate surface area is 177 Å². The van der Waals surface area contributed by atoms with Crippen LogP contribution in [0, 0.1) is 5.92 Å². The van der Waals surface area contributed by atoms with Crippen LogP contribution in [-0.2, 0) is 14.3 Å². The van der Waals surface area contributed by atoms with Crippen molar-refractivity contribution in [3.8, 4) is 0 Å². The number of hydrogen-bond donors (Lipinski definition) is 1. The zero-order valence-electron chi connectivity index (χ0n) is 18.6. The second kappa shape index (κ2) is 19.4. The van der Waals surface area contributed by atoms with E-state index in [2.05, 4.69) is 12.2 Å². The summed E-state index contributed by atoms with van der Waals surface area (Å²) in [7, 11) is 0. The van der Waals surface area contributed by atoms with Gasteiger partial charge in [0.15, 0.2) is 0 Å². The van der Waals surface area contributed by atoms with Gasteiger partial charge in [-0.15, -0.1) is 0 Å². The molecule has 0 heterocycles. The molecule has 0 aromatic rings. The van der Waals surface area contributed by atoms with E-state index in [1.165, 1.54) is 51.4 Å². The zero-order chi connectivity index (χ0) is 21.0. The highest BCUT2D eigenvalue weighted by Crippen LogP contribution is 2.11. The molecule has 0 radical (unpaired) electrons. The molecule has 1 N–H and O–H groups in total. The van der Waals surface area contributed by atoms with Crippen molar-refractivity contribution in [2.24, 2.45) is 5.92 Å². The van der Waals surface area contributed by atoms with Crippen molar-refractivity contribution in [2.75, 3.05) is 25.2 Å². The summed E-state index contributed by atoms with van der Waals surface area (Å²) in [6.45, 7) is 6.95. The van der Waals surface area contributed by atoms with Crippen LogP contribution in [0.4, 0.5) is 4.79 Å². The normalized spacial score (nSPS) is 12.0. The molecule has 5 nitrogen and oxygen atoms in total. The second-order valence-electron chi connectivity index (χ2n) is 7.82. The van der Waals surface area contributed by atoms with Gasteiger partial charge < -0.3 is 14.8 Å². The lowest BCUT2D eigenvalue weighted by Gasteiger charge is -2.17. The largest absolute Gasteiger partial charge is 0.464 e. The molecule has 0 aliphatic rings. The van der Waals surface area contributed by atoms with Crippen molar-refractivity contribution in [3.05, 3.63) is 0 Å². The molecular weight excluding hydrogens is 374 g/mol. The zero-order valence-corrected chi connectivity index (χ0v) is 19.4. The number of alkyl carbamates (subject to hydrolysis) is 1. The van der Waals surface area contributed by atoms with Crippen LogP contribution >= 0.6 is 11.8 Å². The lowest BCUT2D eigenvalue weighted by atomic mass is 10.1. The fourth-order valence-electron chi connectivity index (χ4n) is 2.77. The van der Waals surface area contributed by atoms with Gasteiger partial charge in [-0.3, -0.25) is 0 Å². The number of rotatable bonds is 18. The molecule has 6 heteroatoms. The standard InChI is InChI=1S/C22H43NO4S/c1-5-6-7-8-9-10-11-12-13-14-16-26-21(24)20(15-17-28-4)23-22(25)27-18-19(2)3/h19-20H,5-18H2,1-4H3,(H,23,25). The minimum Gasteiger partial charge on any atom is -0.464 e. The Kier molecular flexibility index (Phi) is 18.8. The van der Waals surface area contributed by atoms with Gasteiger partial charge in [0.25, 0.3) is 0 Å². The van der Waals surface area contributed by atoms with E-state index in [9.17, 15) is 9.59 Å². The molecule has 0 saturated carbocycles. The van der Waals surface area contributed by atoms with Crippen LogP contribution in [0.15, 0.2) is 0 Å². The molecule has 0 aliphatic heterocycles. The number of hydrogen-bond acceptors (Lipinski definition) is 5. The Morgan fingerprint density at radius 3 is 2.00 bits per heavy atom. The summed E-state index contributed by atoms with van der Waals surface area (Å²) < 4.78 is 10.5. The molecule has 0 aliphatic carbocycles. The predicted molar refractivity (Wildman–Crippen MR) is 119 cm³/mol. The third-order valence-electron chi connectivity index (χ3n) is 4.48. The summed E-state index contributed by atoms with van der Waals surface area (Å²) in [6, 6.07) is -0.629. The summed E-state index contributed by atoms with van der Waals surface area (Å²) in [6.07, 6.45) is 14.4. The summed E-state index contributed by atoms with van der Waals surface area (Å²) >= 11 is 1.64. The van der Waals surface area contributed by atoms with Crippen LogP contribution in [-0.4, -0.2) is 43.3 Å². The molecule has 0 rings (SSSR count). The molecule has 0 aromatic heterocycles. The molecule has 1 atom stereocenters. The molecule has 166 valence electrons. The number of esters is 1. The maximum absolute atomic E-state index is 12.3. The van der Waals surface area contributed by atoms with Crippen LogP contribution < -0.4 is 5.32 Å². The molecular formula is C22H43NO4S. The van der Waals surface area contributed by atoms with E-state index in [1.54, 1.807) is 11.8 Å². The summed E-state index contributed by atoms with van der Waals surface area (Å²) in [5.41, 5.74) is 0. The van der Waals surface area contributed by atoms with E-state index >= 15 is 0 Å². The predicted octanol–water partition coefficient (Wildman–Crippen LogP) is 5.95. The van der Waals surface area contributed by atoms with Gasteiger partial charge in [0.2, 0.25) is 0 Å². The number of thioether (sulfide) groups is 1. The van der Waals surface area contributed by atoms with Gasteiger partial charge >= 0.3 is 12.1 Å². The highest BCUT2D eigenvalue weighted by molar-refractivity contribution is 7.98. The van der Waals surface area contributed by atoms with E-state index in [-0.39, 0.29) is 11.9 Å². The topological polar surface area (TPSA) is 64.6 Å². The van der Waals surface area contributed by atoms with E-state index in [0.717, 1.165) is 18.6 Å². The average molecular weight is 418 g/mol. The van der Waals surface area contributed by atoms with Gasteiger partial charge in [-0.2, -0.15) is 11.8 Å². The van der Waals surface area contributed by atoms with Crippen LogP contribution in [0.2, 0.25) is 0 Å². The fraction of sp³-hybridized carbons (Fsp3) is 0.909. The third-order valence-corrected chi connectivity index (χ3v) is 5.12. The molecule has 1 unspecified atom stereocenters. The molecule has 0 fully saturated rings. The van der Waals surface area contributed by atoms with Crippen LogP contribution in [0.3, 0.4) is 0 Å². The Morgan fingerprint density at radius 1 is 0.893 bits per heavy atom. The van der Waals surface area contributed by atoms with Crippen molar-refractivity contribution >= 4 is 23.8 Å². The first kappa shape index (κ1) is 27.1. The average Bonchev–Trinajstić information content (AvgIpc) is 2.67. The van der Waals surface area contributed by atoms with Crippen molar-refractivity contribution in [3.63, 3.8) is 0 Å². The number of carbonyl (C=O) groups excluding carboxylic acids is 2. The van der Waals surface area contributed by atoms with E-state index in [0.29, 0.717) is 19.6 Å². The maximum Gasteiger partial charge on any atom is 0.407 e. The van der Waals surface area contributed by atoms with Gasteiger partial charge in [-0.1, -0.05) is 78.6 Å². The smallest absolute Gasteiger partial charge is 0.407 e. The van der Waals surface area contributed by atoms with Crippen molar-refractivity contribution in [1.82, 2.24) is 5.32 Å². The summed E-state index contributed by atoms with van der Waals surface area (Å²) in [4.78, 5) is 24.1. The SMILES string of the molecule is CCCCCCCCCCCCOC(=O)C(CCSC)NC(=O)OCC(C)C. The Bertz CT molecular complexity index is 391. The summed E-state index contributed by atoms with van der Waals surface area (Å²) in [5.74, 6) is 0.688. The first-order chi connectivity index (χ1) is 13.5. The van der Waals surface area contributed by atoms with Crippen molar-refractivity contribution < 1.29 is 19.1 Å². The monoisotopic (exact) mass is 417 g/mol. The van der Waals surface area contributed by atoms with Crippen molar-refractivity contribution in [1.29, 1.82) is 0 Å². The summed E-state index contributed by atoms with van der Waals surface area (Å²) in [5, 5.41) is 2.65. The molecule has 0 saturated heterocycles. The highest BCUT2D eigenvalue weighted by atomic mass is 32.2. The number of amides is 1. The van der Waals surface area contributed by atoms with Gasteiger partial charge in [-0.25, -0.2) is 9.59 Å². The van der Waals surface area contributed by atoms with Gasteiger partial charge in [-0.05, 0) is 30.8 Å². The lowest BCUT2D eigenvalue weighted by molar-refractivity contribution is -0.146. The Hall–Kier alpha value is -0.910. The quantitative estimate of drug-likeness (QED) is 0.220. The van der Waals surface area contributed by atoms with Crippen LogP contribution in [0.25, 0.3) is 0 Å². The molecule has 0 bridgehead atoms. The molecule has 0 spiro atoms. The first-order valence-electron chi connectivity index (χ1n) is 11.1. The van der Waals surface area contributed by atoms with Gasteiger partial charge in [0.1, 0.15) is 6.04 Å². The lowest BCUT2D eigenvalue weighted by Crippen LogP contribution is -2.43. The molecule has 0 aromatic carbocycles. The minimum absolute atomic E-state index is 0.263. The minimum atomic E-state index is -0.629. The van der Waals surface area contributed by atoms with Crippen LogP contribution in [0.5, 0.6) is 0 Å². The number of ether oxygens (including phenoxy) is 2. The highest BCUT2D eigenvalue weighted by Gasteiger charge is 2.22. The second-order valence-corrected chi connectivity index (χ2v) is 8.81. The number of unbranched alkanes of at least 4 members (excludes halogenated alkanes) is 9. The van der Waals surface area contributed by atoms with Crippen LogP contribution in [0.1, 0.15) is 91.4 Å². The molecule has 28 heavy (non-hydrogen) atoms. The molecule has 1 amide bonds. The number of nitrogens with one attached hydrogen (secondary N) is 1. The van der Waals surface area contributed by atoms with Gasteiger partial charge in [0, 0.05) is 0 Å². The van der Waals surface area contributed by atoms with E-state index in [4.69, 9.17) is 9.47 Å². The Balaban J connectivity index is 3.87. The van der Waals surface area contributed by atoms with E-state index < -0.39 is 12.1 Å². The van der Waals surface area contributed by atoms with E-state index in [1.807, 2.05) is 20.1 Å². The maximum atomic E-state index is 12.3.